The van der Waals surface area contributed by atoms with Crippen LogP contribution in [0.15, 0.2) is 59.7 Å². The fourth-order valence-electron chi connectivity index (χ4n) is 4.44. The smallest absolute Gasteiger partial charge is 0.305 e. The first-order valence-corrected chi connectivity index (χ1v) is 11.7. The highest BCUT2D eigenvalue weighted by atomic mass is 16.5. The first kappa shape index (κ1) is 22.6. The van der Waals surface area contributed by atoms with Crippen molar-refractivity contribution in [3.8, 4) is 5.75 Å². The fourth-order valence-corrected chi connectivity index (χ4v) is 4.44. The van der Waals surface area contributed by atoms with Crippen LogP contribution in [0.1, 0.15) is 35.8 Å². The minimum absolute atomic E-state index is 0.189. The molecule has 0 radical (unpaired) electrons. The molecule has 9 heteroatoms. The van der Waals surface area contributed by atoms with Gasteiger partial charge in [0.1, 0.15) is 5.75 Å². The summed E-state index contributed by atoms with van der Waals surface area (Å²) in [6.45, 7) is 1.49. The van der Waals surface area contributed by atoms with Crippen LogP contribution in [-0.2, 0) is 24.7 Å². The largest absolute Gasteiger partial charge is 0.493 e. The van der Waals surface area contributed by atoms with Crippen molar-refractivity contribution in [3.63, 3.8) is 0 Å². The lowest BCUT2D eigenvalue weighted by Gasteiger charge is -2.18. The predicted octanol–water partition coefficient (Wildman–Crippen LogP) is 3.17. The second-order valence-corrected chi connectivity index (χ2v) is 8.76. The molecule has 2 N–H and O–H groups in total. The van der Waals surface area contributed by atoms with E-state index in [-0.39, 0.29) is 12.0 Å². The Morgan fingerprint density at radius 1 is 1.23 bits per heavy atom. The minimum Gasteiger partial charge on any atom is -0.493 e. The summed E-state index contributed by atoms with van der Waals surface area (Å²) in [5, 5.41) is 18.2. The van der Waals surface area contributed by atoms with Gasteiger partial charge >= 0.3 is 5.97 Å². The zero-order chi connectivity index (χ0) is 24.4. The lowest BCUT2D eigenvalue weighted by molar-refractivity contribution is -0.137. The number of aryl methyl sites for hydroxylation is 2. The van der Waals surface area contributed by atoms with Crippen molar-refractivity contribution in [1.82, 2.24) is 19.3 Å². The van der Waals surface area contributed by atoms with Gasteiger partial charge in [0.05, 0.1) is 42.2 Å². The Labute approximate surface area is 202 Å². The number of nitrogens with one attached hydrogen (secondary N) is 1. The number of nitrogens with zero attached hydrogens (tertiary/aromatic N) is 4. The molecule has 0 fully saturated rings. The van der Waals surface area contributed by atoms with Crippen molar-refractivity contribution in [2.75, 3.05) is 18.5 Å². The van der Waals surface area contributed by atoms with E-state index in [0.29, 0.717) is 24.3 Å². The first-order valence-electron chi connectivity index (χ1n) is 11.7. The van der Waals surface area contributed by atoms with Crippen molar-refractivity contribution in [2.24, 2.45) is 7.05 Å². The Morgan fingerprint density at radius 2 is 2.11 bits per heavy atom. The molecule has 1 atom stereocenters. The Kier molecular flexibility index (Phi) is 6.22. The van der Waals surface area contributed by atoms with E-state index >= 15 is 0 Å². The molecule has 0 bridgehead atoms. The molecule has 4 aromatic rings. The standard InChI is InChI=1S/C26H27N5O4/c1-30-11-8-17(14-25(30)32)24(15-26(33)34)31-23-7-5-20(13-18(23)16-28-31)35-12-9-19-4-6-21-22(29-19)3-2-10-27-21/h4-8,11,13-14,16,24,27H,2-3,9-10,12,15H2,1H3,(H,33,34). The Hall–Kier alpha value is -4.14. The van der Waals surface area contributed by atoms with Gasteiger partial charge in [0.2, 0.25) is 0 Å². The second kappa shape index (κ2) is 9.61. The number of hydrogen-bond acceptors (Lipinski definition) is 6. The number of ether oxygens (including phenoxy) is 1. The quantitative estimate of drug-likeness (QED) is 0.404. The summed E-state index contributed by atoms with van der Waals surface area (Å²) in [4.78, 5) is 28.5. The molecule has 0 saturated carbocycles. The molecule has 9 nitrogen and oxygen atoms in total. The van der Waals surface area contributed by atoms with Gasteiger partial charge < -0.3 is 19.7 Å². The van der Waals surface area contributed by atoms with Gasteiger partial charge in [0.25, 0.3) is 5.56 Å². The number of hydrogen-bond donors (Lipinski definition) is 2. The van der Waals surface area contributed by atoms with E-state index in [0.717, 1.165) is 47.4 Å². The van der Waals surface area contributed by atoms with Crippen LogP contribution in [0.3, 0.4) is 0 Å². The lowest BCUT2D eigenvalue weighted by atomic mass is 10.0. The predicted molar refractivity (Wildman–Crippen MR) is 132 cm³/mol. The number of fused-ring (bicyclic) bond motifs is 2. The average Bonchev–Trinajstić information content (AvgIpc) is 3.27. The van der Waals surface area contributed by atoms with Crippen LogP contribution in [-0.4, -0.2) is 43.6 Å². The molecule has 0 aliphatic carbocycles. The summed E-state index contributed by atoms with van der Waals surface area (Å²) >= 11 is 0. The van der Waals surface area contributed by atoms with Gasteiger partial charge in [0, 0.05) is 43.4 Å². The average molecular weight is 474 g/mol. The van der Waals surface area contributed by atoms with Gasteiger partial charge in [-0.1, -0.05) is 0 Å². The maximum atomic E-state index is 12.1. The van der Waals surface area contributed by atoms with Crippen molar-refractivity contribution in [1.29, 1.82) is 0 Å². The van der Waals surface area contributed by atoms with E-state index in [2.05, 4.69) is 16.5 Å². The zero-order valence-corrected chi connectivity index (χ0v) is 19.5. The first-order chi connectivity index (χ1) is 17.0. The van der Waals surface area contributed by atoms with Gasteiger partial charge in [-0.05, 0) is 54.8 Å². The third-order valence-electron chi connectivity index (χ3n) is 6.31. The number of benzene rings is 1. The summed E-state index contributed by atoms with van der Waals surface area (Å²) in [6, 6.07) is 12.4. The molecule has 1 aliphatic heterocycles. The van der Waals surface area contributed by atoms with E-state index in [1.165, 1.54) is 10.6 Å². The Balaban J connectivity index is 1.32. The van der Waals surface area contributed by atoms with E-state index < -0.39 is 12.0 Å². The summed E-state index contributed by atoms with van der Waals surface area (Å²) < 4.78 is 9.09. The molecule has 1 aromatic carbocycles. The molecule has 35 heavy (non-hydrogen) atoms. The van der Waals surface area contributed by atoms with Crippen LogP contribution in [0.4, 0.5) is 5.69 Å². The van der Waals surface area contributed by atoms with E-state index in [1.54, 1.807) is 30.2 Å². The molecule has 4 heterocycles. The highest BCUT2D eigenvalue weighted by molar-refractivity contribution is 5.81. The zero-order valence-electron chi connectivity index (χ0n) is 19.5. The van der Waals surface area contributed by atoms with Gasteiger partial charge in [-0.2, -0.15) is 5.10 Å². The number of pyridine rings is 2. The van der Waals surface area contributed by atoms with Crippen LogP contribution < -0.4 is 15.6 Å². The van der Waals surface area contributed by atoms with E-state index in [1.807, 2.05) is 24.3 Å². The monoisotopic (exact) mass is 473 g/mol. The third-order valence-corrected chi connectivity index (χ3v) is 6.31. The lowest BCUT2D eigenvalue weighted by Crippen LogP contribution is -2.21. The minimum atomic E-state index is -0.967. The van der Waals surface area contributed by atoms with Crippen molar-refractivity contribution in [2.45, 2.75) is 31.7 Å². The van der Waals surface area contributed by atoms with E-state index in [9.17, 15) is 14.7 Å². The number of aromatic nitrogens is 4. The van der Waals surface area contributed by atoms with Gasteiger partial charge in [0.15, 0.2) is 0 Å². The molecule has 1 unspecified atom stereocenters. The summed E-state index contributed by atoms with van der Waals surface area (Å²) in [7, 11) is 1.65. The molecule has 0 spiro atoms. The van der Waals surface area contributed by atoms with Crippen molar-refractivity contribution < 1.29 is 14.6 Å². The molecule has 5 rings (SSSR count). The topological polar surface area (TPSA) is 111 Å². The molecule has 3 aromatic heterocycles. The van der Waals surface area contributed by atoms with Crippen molar-refractivity contribution >= 4 is 22.6 Å². The number of aliphatic carboxylic acids is 1. The van der Waals surface area contributed by atoms with E-state index in [4.69, 9.17) is 9.72 Å². The number of rotatable bonds is 8. The Bertz CT molecular complexity index is 1440. The molecular weight excluding hydrogens is 446 g/mol. The van der Waals surface area contributed by atoms with Crippen LogP contribution in [0.5, 0.6) is 5.75 Å². The SMILES string of the molecule is Cn1ccc(C(CC(=O)O)n2ncc3cc(OCCc4ccc5c(n4)CCCN5)ccc32)cc1=O. The number of carbonyl (C=O) groups is 1. The maximum Gasteiger partial charge on any atom is 0.305 e. The third kappa shape index (κ3) is 4.89. The van der Waals surface area contributed by atoms with Crippen LogP contribution in [0.25, 0.3) is 10.9 Å². The summed E-state index contributed by atoms with van der Waals surface area (Å²) in [5.41, 5.74) is 4.43. The highest BCUT2D eigenvalue weighted by Gasteiger charge is 2.21. The van der Waals surface area contributed by atoms with Crippen LogP contribution in [0, 0.1) is 0 Å². The maximum absolute atomic E-state index is 12.1. The van der Waals surface area contributed by atoms with Gasteiger partial charge in [-0.15, -0.1) is 0 Å². The molecule has 0 amide bonds. The van der Waals surface area contributed by atoms with Gasteiger partial charge in [-0.3, -0.25) is 19.3 Å². The molecule has 1 aliphatic rings. The number of carboxylic acids is 1. The summed E-state index contributed by atoms with van der Waals surface area (Å²) in [5.74, 6) is -0.258. The fraction of sp³-hybridized carbons (Fsp3) is 0.308. The van der Waals surface area contributed by atoms with Crippen molar-refractivity contribution in [3.05, 3.63) is 82.2 Å². The molecule has 0 saturated heterocycles. The van der Waals surface area contributed by atoms with Crippen LogP contribution in [0.2, 0.25) is 0 Å². The molecular formula is C26H27N5O4. The number of anilines is 1. The van der Waals surface area contributed by atoms with Crippen LogP contribution >= 0.6 is 0 Å². The van der Waals surface area contributed by atoms with Gasteiger partial charge in [-0.25, -0.2) is 0 Å². The number of carboxylic acid groups (broad SMARTS) is 1. The normalized spacial score (nSPS) is 13.7. The highest BCUT2D eigenvalue weighted by Crippen LogP contribution is 2.28. The Morgan fingerprint density at radius 3 is 2.94 bits per heavy atom. The second-order valence-electron chi connectivity index (χ2n) is 8.76. The molecule has 180 valence electrons. The summed E-state index contributed by atoms with van der Waals surface area (Å²) in [6.07, 6.45) is 5.94.